The van der Waals surface area contributed by atoms with E-state index in [1.165, 1.54) is 0 Å². The van der Waals surface area contributed by atoms with Crippen molar-refractivity contribution in [1.29, 1.82) is 0 Å². The molecule has 2 nitrogen and oxygen atoms in total. The summed E-state index contributed by atoms with van der Waals surface area (Å²) in [6.07, 6.45) is -0.123. The molecule has 0 spiro atoms. The number of ether oxygens (including phenoxy) is 1. The van der Waals surface area contributed by atoms with E-state index in [-0.39, 0.29) is 11.5 Å². The van der Waals surface area contributed by atoms with E-state index in [0.29, 0.717) is 4.99 Å². The Kier molecular flexibility index (Phi) is 3.25. The molecule has 1 unspecified atom stereocenters. The zero-order valence-corrected chi connectivity index (χ0v) is 7.79. The van der Waals surface area contributed by atoms with E-state index < -0.39 is 0 Å². The molecule has 0 aliphatic heterocycles. The molecule has 0 amide bonds. The molecule has 0 aromatic carbocycles. The van der Waals surface area contributed by atoms with Gasteiger partial charge in [-0.2, -0.15) is 0 Å². The lowest BCUT2D eigenvalue weighted by Crippen LogP contribution is -2.39. The Morgan fingerprint density at radius 1 is 1.50 bits per heavy atom. The van der Waals surface area contributed by atoms with Gasteiger partial charge < -0.3 is 10.5 Å². The zero-order valence-electron chi connectivity index (χ0n) is 6.97. The van der Waals surface area contributed by atoms with Gasteiger partial charge in [-0.05, 0) is 5.41 Å². The molecule has 0 saturated heterocycles. The monoisotopic (exact) mass is 161 g/mol. The van der Waals surface area contributed by atoms with Crippen molar-refractivity contribution in [2.45, 2.75) is 26.9 Å². The minimum Gasteiger partial charge on any atom is -0.391 e. The van der Waals surface area contributed by atoms with Crippen molar-refractivity contribution < 1.29 is 4.74 Å². The van der Waals surface area contributed by atoms with Crippen molar-refractivity contribution in [1.82, 2.24) is 0 Å². The van der Waals surface area contributed by atoms with Gasteiger partial charge in [0.2, 0.25) is 0 Å². The van der Waals surface area contributed by atoms with Crippen LogP contribution < -0.4 is 5.73 Å². The molecule has 0 aromatic rings. The van der Waals surface area contributed by atoms with Crippen LogP contribution in [-0.2, 0) is 4.74 Å². The highest BCUT2D eigenvalue weighted by atomic mass is 32.1. The maximum absolute atomic E-state index is 5.44. The summed E-state index contributed by atoms with van der Waals surface area (Å²) in [5.41, 5.74) is 5.44. The first kappa shape index (κ1) is 9.85. The summed E-state index contributed by atoms with van der Waals surface area (Å²) in [4.78, 5) is 0.426. The molecule has 0 fully saturated rings. The Hall–Kier alpha value is -0.150. The van der Waals surface area contributed by atoms with Crippen LogP contribution in [0.4, 0.5) is 0 Å². The molecule has 0 aromatic heterocycles. The third-order valence-electron chi connectivity index (χ3n) is 1.28. The molecule has 10 heavy (non-hydrogen) atoms. The van der Waals surface area contributed by atoms with Crippen LogP contribution >= 0.6 is 12.2 Å². The topological polar surface area (TPSA) is 35.2 Å². The summed E-state index contributed by atoms with van der Waals surface area (Å²) in [5.74, 6) is 0. The average molecular weight is 161 g/mol. The van der Waals surface area contributed by atoms with Crippen LogP contribution in [0.2, 0.25) is 0 Å². The van der Waals surface area contributed by atoms with Crippen LogP contribution in [0, 0.1) is 5.41 Å². The lowest BCUT2D eigenvalue weighted by atomic mass is 9.89. The minimum atomic E-state index is -0.123. The summed E-state index contributed by atoms with van der Waals surface area (Å²) in [5, 5.41) is 0. The smallest absolute Gasteiger partial charge is 0.112 e. The van der Waals surface area contributed by atoms with Crippen molar-refractivity contribution in [3.8, 4) is 0 Å². The standard InChI is InChI=1S/C7H15NOS/c1-7(2,3)5(9-4)6(8)10/h5H,1-4H3,(H2,8,10). The molecule has 1 atom stereocenters. The fourth-order valence-corrected chi connectivity index (χ4v) is 1.35. The van der Waals surface area contributed by atoms with Crippen molar-refractivity contribution in [2.75, 3.05) is 7.11 Å². The van der Waals surface area contributed by atoms with Crippen molar-refractivity contribution in [3.63, 3.8) is 0 Å². The van der Waals surface area contributed by atoms with Gasteiger partial charge in [0.25, 0.3) is 0 Å². The highest BCUT2D eigenvalue weighted by molar-refractivity contribution is 7.80. The molecular weight excluding hydrogens is 146 g/mol. The van der Waals surface area contributed by atoms with Gasteiger partial charge in [0, 0.05) is 7.11 Å². The molecule has 0 aliphatic carbocycles. The lowest BCUT2D eigenvalue weighted by Gasteiger charge is -2.27. The van der Waals surface area contributed by atoms with Gasteiger partial charge >= 0.3 is 0 Å². The predicted octanol–water partition coefficient (Wildman–Crippen LogP) is 1.33. The van der Waals surface area contributed by atoms with Gasteiger partial charge in [-0.15, -0.1) is 0 Å². The van der Waals surface area contributed by atoms with E-state index in [9.17, 15) is 0 Å². The molecule has 0 bridgehead atoms. The van der Waals surface area contributed by atoms with Gasteiger partial charge in [-0.25, -0.2) is 0 Å². The van der Waals surface area contributed by atoms with Crippen LogP contribution in [0.25, 0.3) is 0 Å². The predicted molar refractivity (Wildman–Crippen MR) is 47.0 cm³/mol. The van der Waals surface area contributed by atoms with Crippen molar-refractivity contribution in [3.05, 3.63) is 0 Å². The van der Waals surface area contributed by atoms with Crippen LogP contribution in [-0.4, -0.2) is 18.2 Å². The second kappa shape index (κ2) is 3.30. The maximum atomic E-state index is 5.44. The van der Waals surface area contributed by atoms with Gasteiger partial charge in [0.05, 0.1) is 0 Å². The van der Waals surface area contributed by atoms with E-state index in [4.69, 9.17) is 22.7 Å². The normalized spacial score (nSPS) is 14.8. The third-order valence-corrected chi connectivity index (χ3v) is 1.49. The number of methoxy groups -OCH3 is 1. The number of hydrogen-bond donors (Lipinski definition) is 1. The van der Waals surface area contributed by atoms with E-state index in [2.05, 4.69) is 0 Å². The Morgan fingerprint density at radius 2 is 1.90 bits per heavy atom. The highest BCUT2D eigenvalue weighted by Gasteiger charge is 2.26. The number of rotatable bonds is 2. The molecule has 0 heterocycles. The fourth-order valence-electron chi connectivity index (χ4n) is 0.896. The third kappa shape index (κ3) is 2.62. The van der Waals surface area contributed by atoms with Gasteiger partial charge in [0.15, 0.2) is 0 Å². The first-order valence-corrected chi connectivity index (χ1v) is 3.62. The van der Waals surface area contributed by atoms with E-state index in [1.807, 2.05) is 20.8 Å². The van der Waals surface area contributed by atoms with Crippen LogP contribution in [0.15, 0.2) is 0 Å². The zero-order chi connectivity index (χ0) is 8.36. The quantitative estimate of drug-likeness (QED) is 0.621. The van der Waals surface area contributed by atoms with Crippen LogP contribution in [0.3, 0.4) is 0 Å². The van der Waals surface area contributed by atoms with Crippen LogP contribution in [0.5, 0.6) is 0 Å². The summed E-state index contributed by atoms with van der Waals surface area (Å²) in [7, 11) is 1.62. The van der Waals surface area contributed by atoms with Crippen molar-refractivity contribution >= 4 is 17.2 Å². The van der Waals surface area contributed by atoms with Gasteiger partial charge in [-0.1, -0.05) is 33.0 Å². The molecule has 0 rings (SSSR count). The average Bonchev–Trinajstić information content (AvgIpc) is 1.60. The maximum Gasteiger partial charge on any atom is 0.112 e. The Balaban J connectivity index is 4.22. The molecule has 3 heteroatoms. The highest BCUT2D eigenvalue weighted by Crippen LogP contribution is 2.21. The summed E-state index contributed by atoms with van der Waals surface area (Å²) in [6, 6.07) is 0. The molecular formula is C7H15NOS. The Bertz CT molecular complexity index is 128. The number of thiocarbonyl (C=S) groups is 1. The molecule has 0 saturated carbocycles. The largest absolute Gasteiger partial charge is 0.391 e. The van der Waals surface area contributed by atoms with Gasteiger partial charge in [0.1, 0.15) is 11.1 Å². The first-order valence-electron chi connectivity index (χ1n) is 3.21. The Morgan fingerprint density at radius 3 is 1.90 bits per heavy atom. The number of hydrogen-bond acceptors (Lipinski definition) is 2. The summed E-state index contributed by atoms with van der Waals surface area (Å²) in [6.45, 7) is 6.13. The van der Waals surface area contributed by atoms with E-state index in [0.717, 1.165) is 0 Å². The second-order valence-electron chi connectivity index (χ2n) is 3.38. The molecule has 2 N–H and O–H groups in total. The van der Waals surface area contributed by atoms with Crippen LogP contribution in [0.1, 0.15) is 20.8 Å². The SMILES string of the molecule is COC(C(N)=S)C(C)(C)C. The van der Waals surface area contributed by atoms with Gasteiger partial charge in [-0.3, -0.25) is 0 Å². The lowest BCUT2D eigenvalue weighted by molar-refractivity contribution is 0.0693. The van der Waals surface area contributed by atoms with Crippen molar-refractivity contribution in [2.24, 2.45) is 11.1 Å². The van der Waals surface area contributed by atoms with E-state index in [1.54, 1.807) is 7.11 Å². The molecule has 60 valence electrons. The summed E-state index contributed by atoms with van der Waals surface area (Å²) >= 11 is 4.82. The summed E-state index contributed by atoms with van der Waals surface area (Å²) < 4.78 is 5.11. The Labute approximate surface area is 67.7 Å². The van der Waals surface area contributed by atoms with E-state index >= 15 is 0 Å². The minimum absolute atomic E-state index is 0.000579. The molecule has 0 aliphatic rings. The molecule has 0 radical (unpaired) electrons. The second-order valence-corrected chi connectivity index (χ2v) is 3.86. The first-order chi connectivity index (χ1) is 4.39. The fraction of sp³-hybridized carbons (Fsp3) is 0.857. The number of nitrogens with two attached hydrogens (primary N) is 1.